The number of piperidine rings is 2. The summed E-state index contributed by atoms with van der Waals surface area (Å²) >= 11 is 0. The van der Waals surface area contributed by atoms with Gasteiger partial charge in [-0.2, -0.15) is 0 Å². The Bertz CT molecular complexity index is 138. The first-order valence-electron chi connectivity index (χ1n) is 4.11. The second kappa shape index (κ2) is 2.26. The standard InChI is InChI=1S/C8H13NO/c10-6-9-5-7-1-3-8(9)4-2-7/h6-8H,1-5H2. The Labute approximate surface area is 61.2 Å². The number of amides is 1. The van der Waals surface area contributed by atoms with Crippen LogP contribution in [0.5, 0.6) is 0 Å². The number of carbonyl (C=O) groups is 1. The summed E-state index contributed by atoms with van der Waals surface area (Å²) in [6, 6.07) is 0.600. The summed E-state index contributed by atoms with van der Waals surface area (Å²) in [6.45, 7) is 1.04. The SMILES string of the molecule is O=CN1CC2CCC1CC2. The molecule has 2 heteroatoms. The summed E-state index contributed by atoms with van der Waals surface area (Å²) in [5.74, 6) is 0.829. The van der Waals surface area contributed by atoms with Gasteiger partial charge >= 0.3 is 0 Å². The van der Waals surface area contributed by atoms with Gasteiger partial charge in [0.15, 0.2) is 0 Å². The van der Waals surface area contributed by atoms with Crippen molar-refractivity contribution in [3.63, 3.8) is 0 Å². The van der Waals surface area contributed by atoms with Crippen molar-refractivity contribution in [2.45, 2.75) is 31.7 Å². The predicted molar refractivity (Wildman–Crippen MR) is 38.5 cm³/mol. The molecule has 0 aromatic heterocycles. The minimum Gasteiger partial charge on any atom is -0.342 e. The normalized spacial score (nSPS) is 38.2. The van der Waals surface area contributed by atoms with Crippen LogP contribution in [0.2, 0.25) is 0 Å². The van der Waals surface area contributed by atoms with E-state index in [0.29, 0.717) is 6.04 Å². The van der Waals surface area contributed by atoms with E-state index in [2.05, 4.69) is 0 Å². The van der Waals surface area contributed by atoms with E-state index in [4.69, 9.17) is 0 Å². The fraction of sp³-hybridized carbons (Fsp3) is 0.875. The Hall–Kier alpha value is -0.530. The van der Waals surface area contributed by atoms with E-state index in [-0.39, 0.29) is 0 Å². The van der Waals surface area contributed by atoms with Crippen LogP contribution < -0.4 is 0 Å². The molecule has 3 fully saturated rings. The van der Waals surface area contributed by atoms with Crippen LogP contribution in [0, 0.1) is 5.92 Å². The molecule has 2 aliphatic heterocycles. The van der Waals surface area contributed by atoms with Crippen molar-refractivity contribution in [1.82, 2.24) is 4.90 Å². The lowest BCUT2D eigenvalue weighted by atomic mass is 9.80. The zero-order valence-corrected chi connectivity index (χ0v) is 6.12. The van der Waals surface area contributed by atoms with Gasteiger partial charge in [-0.15, -0.1) is 0 Å². The zero-order chi connectivity index (χ0) is 6.97. The molecule has 0 atom stereocenters. The molecule has 2 heterocycles. The Balaban J connectivity index is 2.07. The molecular weight excluding hydrogens is 126 g/mol. The second-order valence-corrected chi connectivity index (χ2v) is 3.48. The minimum atomic E-state index is 0.600. The van der Waals surface area contributed by atoms with Crippen LogP contribution in [0.4, 0.5) is 0 Å². The van der Waals surface area contributed by atoms with Gasteiger partial charge in [-0.3, -0.25) is 4.79 Å². The van der Waals surface area contributed by atoms with E-state index < -0.39 is 0 Å². The topological polar surface area (TPSA) is 20.3 Å². The average molecular weight is 139 g/mol. The fourth-order valence-electron chi connectivity index (χ4n) is 2.24. The molecule has 56 valence electrons. The van der Waals surface area contributed by atoms with Gasteiger partial charge in [0, 0.05) is 12.6 Å². The molecule has 0 unspecified atom stereocenters. The molecule has 10 heavy (non-hydrogen) atoms. The van der Waals surface area contributed by atoms with Gasteiger partial charge < -0.3 is 4.90 Å². The van der Waals surface area contributed by atoms with Crippen molar-refractivity contribution in [2.24, 2.45) is 5.92 Å². The van der Waals surface area contributed by atoms with Gasteiger partial charge in [0.25, 0.3) is 0 Å². The zero-order valence-electron chi connectivity index (χ0n) is 6.12. The number of nitrogens with zero attached hydrogens (tertiary/aromatic N) is 1. The maximum absolute atomic E-state index is 10.5. The molecule has 3 aliphatic rings. The second-order valence-electron chi connectivity index (χ2n) is 3.48. The average Bonchev–Trinajstić information content (AvgIpc) is 2.06. The summed E-state index contributed by atoms with van der Waals surface area (Å²) in [4.78, 5) is 12.5. The molecule has 2 nitrogen and oxygen atoms in total. The molecule has 3 rings (SSSR count). The van der Waals surface area contributed by atoms with Gasteiger partial charge in [-0.1, -0.05) is 0 Å². The Morgan fingerprint density at radius 1 is 1.20 bits per heavy atom. The Kier molecular flexibility index (Phi) is 1.40. The van der Waals surface area contributed by atoms with Crippen LogP contribution in [0.3, 0.4) is 0 Å². The smallest absolute Gasteiger partial charge is 0.209 e. The summed E-state index contributed by atoms with van der Waals surface area (Å²) < 4.78 is 0. The molecule has 1 amide bonds. The first kappa shape index (κ1) is 6.20. The maximum atomic E-state index is 10.5. The highest BCUT2D eigenvalue weighted by atomic mass is 16.1. The highest BCUT2D eigenvalue weighted by Gasteiger charge is 2.32. The summed E-state index contributed by atoms with van der Waals surface area (Å²) in [7, 11) is 0. The molecule has 0 N–H and O–H groups in total. The minimum absolute atomic E-state index is 0.600. The van der Waals surface area contributed by atoms with E-state index in [1.165, 1.54) is 25.7 Å². The van der Waals surface area contributed by atoms with Crippen molar-refractivity contribution in [2.75, 3.05) is 6.54 Å². The van der Waals surface area contributed by atoms with Crippen molar-refractivity contribution in [3.8, 4) is 0 Å². The lowest BCUT2D eigenvalue weighted by Crippen LogP contribution is -2.46. The molecule has 0 aromatic rings. The largest absolute Gasteiger partial charge is 0.342 e. The number of hydrogen-bond acceptors (Lipinski definition) is 1. The Morgan fingerprint density at radius 3 is 2.20 bits per heavy atom. The van der Waals surface area contributed by atoms with Gasteiger partial charge in [0.2, 0.25) is 6.41 Å². The monoisotopic (exact) mass is 139 g/mol. The van der Waals surface area contributed by atoms with E-state index >= 15 is 0 Å². The van der Waals surface area contributed by atoms with Crippen molar-refractivity contribution in [3.05, 3.63) is 0 Å². The van der Waals surface area contributed by atoms with Crippen molar-refractivity contribution >= 4 is 6.41 Å². The third kappa shape index (κ3) is 0.825. The summed E-state index contributed by atoms with van der Waals surface area (Å²) in [5, 5.41) is 0. The lowest BCUT2D eigenvalue weighted by molar-refractivity contribution is -0.124. The van der Waals surface area contributed by atoms with E-state index in [1.54, 1.807) is 0 Å². The van der Waals surface area contributed by atoms with Gasteiger partial charge in [0.1, 0.15) is 0 Å². The third-order valence-corrected chi connectivity index (χ3v) is 2.89. The Morgan fingerprint density at radius 2 is 1.90 bits per heavy atom. The van der Waals surface area contributed by atoms with E-state index in [1.807, 2.05) is 4.90 Å². The molecule has 0 spiro atoms. The van der Waals surface area contributed by atoms with Crippen molar-refractivity contribution < 1.29 is 4.79 Å². The quantitative estimate of drug-likeness (QED) is 0.497. The highest BCUT2D eigenvalue weighted by Crippen LogP contribution is 2.33. The first-order chi connectivity index (χ1) is 4.90. The molecular formula is C8H13NO. The molecule has 1 aliphatic carbocycles. The van der Waals surface area contributed by atoms with Gasteiger partial charge in [-0.25, -0.2) is 0 Å². The molecule has 2 bridgehead atoms. The van der Waals surface area contributed by atoms with Gasteiger partial charge in [0.05, 0.1) is 0 Å². The van der Waals surface area contributed by atoms with E-state index in [9.17, 15) is 4.79 Å². The summed E-state index contributed by atoms with van der Waals surface area (Å²) in [5.41, 5.74) is 0. The van der Waals surface area contributed by atoms with Crippen LogP contribution in [0.25, 0.3) is 0 Å². The molecule has 0 aromatic carbocycles. The lowest BCUT2D eigenvalue weighted by Gasteiger charge is -2.43. The maximum Gasteiger partial charge on any atom is 0.209 e. The first-order valence-corrected chi connectivity index (χ1v) is 4.11. The fourth-order valence-corrected chi connectivity index (χ4v) is 2.24. The van der Waals surface area contributed by atoms with Crippen LogP contribution in [0.15, 0.2) is 0 Å². The van der Waals surface area contributed by atoms with Gasteiger partial charge in [-0.05, 0) is 31.6 Å². The van der Waals surface area contributed by atoms with Crippen LogP contribution >= 0.6 is 0 Å². The summed E-state index contributed by atoms with van der Waals surface area (Å²) in [6.07, 6.45) is 6.24. The number of fused-ring (bicyclic) bond motifs is 3. The van der Waals surface area contributed by atoms with Crippen molar-refractivity contribution in [1.29, 1.82) is 0 Å². The number of carbonyl (C=O) groups excluding carboxylic acids is 1. The highest BCUT2D eigenvalue weighted by molar-refractivity contribution is 5.48. The number of hydrogen-bond donors (Lipinski definition) is 0. The number of rotatable bonds is 1. The van der Waals surface area contributed by atoms with Crippen LogP contribution in [-0.2, 0) is 4.79 Å². The molecule has 1 saturated carbocycles. The molecule has 2 saturated heterocycles. The van der Waals surface area contributed by atoms with Crippen LogP contribution in [-0.4, -0.2) is 23.9 Å². The van der Waals surface area contributed by atoms with E-state index in [0.717, 1.165) is 18.9 Å². The molecule has 0 radical (unpaired) electrons. The van der Waals surface area contributed by atoms with Crippen LogP contribution in [0.1, 0.15) is 25.7 Å². The predicted octanol–water partition coefficient (Wildman–Crippen LogP) is 1.02. The third-order valence-electron chi connectivity index (χ3n) is 2.89.